The van der Waals surface area contributed by atoms with E-state index in [0.29, 0.717) is 0 Å². The molecule has 2 aromatic rings. The van der Waals surface area contributed by atoms with Crippen molar-refractivity contribution >= 4 is 41.3 Å². The largest absolute Gasteiger partial charge is 0.357 e. The van der Waals surface area contributed by atoms with Gasteiger partial charge in [0.2, 0.25) is 0 Å². The first-order valence-electron chi connectivity index (χ1n) is 9.16. The second-order valence-electron chi connectivity index (χ2n) is 5.89. The van der Waals surface area contributed by atoms with Crippen LogP contribution in [0.2, 0.25) is 0 Å². The van der Waals surface area contributed by atoms with Crippen molar-refractivity contribution in [1.82, 2.24) is 25.2 Å². The van der Waals surface area contributed by atoms with Crippen molar-refractivity contribution in [3.8, 4) is 0 Å². The van der Waals surface area contributed by atoms with Crippen molar-refractivity contribution in [2.24, 2.45) is 4.99 Å². The molecule has 2 N–H and O–H groups in total. The van der Waals surface area contributed by atoms with Crippen LogP contribution in [0.25, 0.3) is 0 Å². The van der Waals surface area contributed by atoms with Gasteiger partial charge in [0.15, 0.2) is 5.96 Å². The summed E-state index contributed by atoms with van der Waals surface area (Å²) in [6.45, 7) is 9.87. The van der Waals surface area contributed by atoms with Gasteiger partial charge in [0.25, 0.3) is 0 Å². The van der Waals surface area contributed by atoms with E-state index < -0.39 is 0 Å². The first-order valence-corrected chi connectivity index (χ1v) is 9.98. The Morgan fingerprint density at radius 1 is 1.23 bits per heavy atom. The number of nitrogens with one attached hydrogen (secondary N) is 2. The fraction of sp³-hybridized carbons (Fsp3) is 0.611. The van der Waals surface area contributed by atoms with Crippen LogP contribution in [0.5, 0.6) is 0 Å². The molecule has 146 valence electrons. The van der Waals surface area contributed by atoms with Gasteiger partial charge in [-0.2, -0.15) is 0 Å². The van der Waals surface area contributed by atoms with Crippen LogP contribution in [0.15, 0.2) is 23.6 Å². The van der Waals surface area contributed by atoms with Crippen molar-refractivity contribution in [3.63, 3.8) is 0 Å². The molecule has 0 unspecified atom stereocenters. The number of imidazole rings is 1. The van der Waals surface area contributed by atoms with Gasteiger partial charge in [0.05, 0.1) is 5.01 Å². The highest BCUT2D eigenvalue weighted by molar-refractivity contribution is 14.0. The summed E-state index contributed by atoms with van der Waals surface area (Å²) in [4.78, 5) is 14.7. The molecule has 0 aliphatic carbocycles. The van der Waals surface area contributed by atoms with E-state index in [2.05, 4.69) is 44.0 Å². The Morgan fingerprint density at radius 3 is 2.73 bits per heavy atom. The molecule has 0 saturated heterocycles. The van der Waals surface area contributed by atoms with Gasteiger partial charge in [-0.25, -0.2) is 9.97 Å². The zero-order valence-electron chi connectivity index (χ0n) is 16.0. The maximum Gasteiger partial charge on any atom is 0.191 e. The standard InChI is InChI=1S/C18H30N6S.HI/c1-4-16-14-23-17(25-16)8-10-22-18(19-5-2)21-9-6-7-12-24-13-11-20-15(24)3;/h11,13-14H,4-10,12H2,1-3H3,(H2,19,21,22);1H. The van der Waals surface area contributed by atoms with Crippen molar-refractivity contribution in [1.29, 1.82) is 0 Å². The topological polar surface area (TPSA) is 67.1 Å². The molecule has 0 radical (unpaired) electrons. The number of aliphatic imine (C=N–C) groups is 1. The van der Waals surface area contributed by atoms with Crippen molar-refractivity contribution in [3.05, 3.63) is 34.3 Å². The highest BCUT2D eigenvalue weighted by Crippen LogP contribution is 2.13. The molecular formula is C18H31IN6S. The number of aromatic nitrogens is 3. The molecule has 2 aromatic heterocycles. The Morgan fingerprint density at radius 2 is 2.08 bits per heavy atom. The van der Waals surface area contributed by atoms with Crippen LogP contribution in [0.3, 0.4) is 0 Å². The van der Waals surface area contributed by atoms with E-state index in [1.165, 1.54) is 9.88 Å². The Labute approximate surface area is 178 Å². The second kappa shape index (κ2) is 13.1. The number of unbranched alkanes of at least 4 members (excludes halogenated alkanes) is 1. The highest BCUT2D eigenvalue weighted by Gasteiger charge is 2.02. The van der Waals surface area contributed by atoms with Crippen molar-refractivity contribution < 1.29 is 0 Å². The highest BCUT2D eigenvalue weighted by atomic mass is 127. The van der Waals surface area contributed by atoms with Gasteiger partial charge in [0, 0.05) is 56.1 Å². The molecule has 0 atom stereocenters. The van der Waals surface area contributed by atoms with Gasteiger partial charge in [0.1, 0.15) is 5.82 Å². The zero-order valence-corrected chi connectivity index (χ0v) is 19.1. The lowest BCUT2D eigenvalue weighted by atomic mass is 10.3. The minimum atomic E-state index is 0. The molecule has 26 heavy (non-hydrogen) atoms. The van der Waals surface area contributed by atoms with Crippen LogP contribution >= 0.6 is 35.3 Å². The van der Waals surface area contributed by atoms with Crippen LogP contribution in [-0.4, -0.2) is 40.1 Å². The van der Waals surface area contributed by atoms with Gasteiger partial charge >= 0.3 is 0 Å². The fourth-order valence-electron chi connectivity index (χ4n) is 2.48. The molecule has 0 aliphatic heterocycles. The molecule has 8 heteroatoms. The number of thiazole rings is 1. The molecule has 2 heterocycles. The smallest absolute Gasteiger partial charge is 0.191 e. The molecule has 0 amide bonds. The van der Waals surface area contributed by atoms with Gasteiger partial charge in [-0.3, -0.25) is 4.99 Å². The summed E-state index contributed by atoms with van der Waals surface area (Å²) in [5.41, 5.74) is 0. The summed E-state index contributed by atoms with van der Waals surface area (Å²) in [6.07, 6.45) is 10.1. The minimum Gasteiger partial charge on any atom is -0.357 e. The zero-order chi connectivity index (χ0) is 17.9. The van der Waals surface area contributed by atoms with Crippen LogP contribution < -0.4 is 10.6 Å². The van der Waals surface area contributed by atoms with Gasteiger partial charge in [-0.1, -0.05) is 6.92 Å². The number of rotatable bonds is 10. The third kappa shape index (κ3) is 8.03. The quantitative estimate of drug-likeness (QED) is 0.232. The minimum absolute atomic E-state index is 0. The maximum atomic E-state index is 4.66. The summed E-state index contributed by atoms with van der Waals surface area (Å²) >= 11 is 1.80. The number of guanidine groups is 1. The van der Waals surface area contributed by atoms with Gasteiger partial charge < -0.3 is 15.2 Å². The third-order valence-corrected chi connectivity index (χ3v) is 5.13. The monoisotopic (exact) mass is 490 g/mol. The lowest BCUT2D eigenvalue weighted by Crippen LogP contribution is -2.38. The van der Waals surface area contributed by atoms with E-state index in [1.807, 2.05) is 25.5 Å². The number of hydrogen-bond donors (Lipinski definition) is 2. The van der Waals surface area contributed by atoms with Gasteiger partial charge in [-0.05, 0) is 33.1 Å². The average molecular weight is 490 g/mol. The summed E-state index contributed by atoms with van der Waals surface area (Å²) in [7, 11) is 0. The maximum absolute atomic E-state index is 4.66. The summed E-state index contributed by atoms with van der Waals surface area (Å²) in [6, 6.07) is 0. The van der Waals surface area contributed by atoms with Crippen molar-refractivity contribution in [2.75, 3.05) is 19.6 Å². The summed E-state index contributed by atoms with van der Waals surface area (Å²) < 4.78 is 2.19. The Bertz CT molecular complexity index is 652. The summed E-state index contributed by atoms with van der Waals surface area (Å²) in [5, 5.41) is 7.90. The van der Waals surface area contributed by atoms with Crippen LogP contribution in [0.4, 0.5) is 0 Å². The predicted octanol–water partition coefficient (Wildman–Crippen LogP) is 3.41. The molecule has 0 fully saturated rings. The molecule has 6 nitrogen and oxygen atoms in total. The normalized spacial score (nSPS) is 11.3. The second-order valence-corrected chi connectivity index (χ2v) is 7.09. The van der Waals surface area contributed by atoms with E-state index in [1.54, 1.807) is 11.3 Å². The molecule has 0 aromatic carbocycles. The summed E-state index contributed by atoms with van der Waals surface area (Å²) in [5.74, 6) is 1.97. The van der Waals surface area contributed by atoms with Gasteiger partial charge in [-0.15, -0.1) is 35.3 Å². The predicted molar refractivity (Wildman–Crippen MR) is 121 cm³/mol. The molecule has 0 spiro atoms. The SMILES string of the molecule is CCNC(=NCCCCn1ccnc1C)NCCc1ncc(CC)s1.I. The molecule has 0 saturated carbocycles. The number of aryl methyl sites for hydroxylation is 3. The number of hydrogen-bond acceptors (Lipinski definition) is 4. The number of halogens is 1. The van der Waals surface area contributed by atoms with E-state index in [0.717, 1.165) is 63.6 Å². The molecule has 2 rings (SSSR count). The van der Waals surface area contributed by atoms with Crippen LogP contribution in [0, 0.1) is 6.92 Å². The number of nitrogens with zero attached hydrogens (tertiary/aromatic N) is 4. The van der Waals surface area contributed by atoms with E-state index in [-0.39, 0.29) is 24.0 Å². The molecule has 0 aliphatic rings. The molecule has 0 bridgehead atoms. The van der Waals surface area contributed by atoms with E-state index in [9.17, 15) is 0 Å². The lowest BCUT2D eigenvalue weighted by Gasteiger charge is -2.10. The third-order valence-electron chi connectivity index (χ3n) is 3.93. The van der Waals surface area contributed by atoms with Crippen LogP contribution in [-0.2, 0) is 19.4 Å². The van der Waals surface area contributed by atoms with Crippen molar-refractivity contribution in [2.45, 2.75) is 53.0 Å². The van der Waals surface area contributed by atoms with Crippen LogP contribution in [0.1, 0.15) is 42.4 Å². The molecular weight excluding hydrogens is 459 g/mol. The van der Waals surface area contributed by atoms with E-state index >= 15 is 0 Å². The first-order chi connectivity index (χ1) is 12.2. The average Bonchev–Trinajstić information content (AvgIpc) is 3.23. The Balaban J connectivity index is 0.00000338. The Kier molecular flexibility index (Phi) is 11.5. The van der Waals surface area contributed by atoms with E-state index in [4.69, 9.17) is 0 Å². The Hall–Kier alpha value is -1.16. The lowest BCUT2D eigenvalue weighted by molar-refractivity contribution is 0.600. The fourth-order valence-corrected chi connectivity index (χ4v) is 3.34. The first kappa shape index (κ1) is 22.9.